The summed E-state index contributed by atoms with van der Waals surface area (Å²) in [5.74, 6) is -0.249. The fourth-order valence-electron chi connectivity index (χ4n) is 2.93. The van der Waals surface area contributed by atoms with Gasteiger partial charge in [-0.15, -0.1) is 0 Å². The smallest absolute Gasteiger partial charge is 0.307 e. The molecule has 1 aromatic heterocycles. The van der Waals surface area contributed by atoms with Gasteiger partial charge in [0.05, 0.1) is 13.0 Å². The second-order valence-corrected chi connectivity index (χ2v) is 8.37. The molecule has 160 valence electrons. The molecule has 0 amide bonds. The molecule has 1 N–H and O–H groups in total. The van der Waals surface area contributed by atoms with Crippen LogP contribution in [0.15, 0.2) is 24.4 Å². The average Bonchev–Trinajstić information content (AvgIpc) is 3.04. The van der Waals surface area contributed by atoms with E-state index in [0.29, 0.717) is 0 Å². The number of fused-ring (bicyclic) bond motifs is 1. The number of carbonyl (C=O) groups excluding carboxylic acids is 2. The van der Waals surface area contributed by atoms with Gasteiger partial charge in [0.2, 0.25) is 0 Å². The lowest BCUT2D eigenvalue weighted by Crippen LogP contribution is -2.27. The summed E-state index contributed by atoms with van der Waals surface area (Å²) < 4.78 is 16.6. The van der Waals surface area contributed by atoms with E-state index < -0.39 is 17.5 Å². The Morgan fingerprint density at radius 1 is 1.28 bits per heavy atom. The van der Waals surface area contributed by atoms with E-state index in [0.717, 1.165) is 35.9 Å². The average molecular weight is 405 g/mol. The molecule has 29 heavy (non-hydrogen) atoms. The molecule has 0 fully saturated rings. The van der Waals surface area contributed by atoms with Gasteiger partial charge >= 0.3 is 5.97 Å². The summed E-state index contributed by atoms with van der Waals surface area (Å²) in [5, 5.41) is 1.04. The van der Waals surface area contributed by atoms with Crippen LogP contribution in [0.25, 0.3) is 10.9 Å². The fourth-order valence-corrected chi connectivity index (χ4v) is 2.93. The van der Waals surface area contributed by atoms with Crippen molar-refractivity contribution in [2.75, 3.05) is 34.0 Å². The molecule has 0 spiro atoms. The van der Waals surface area contributed by atoms with E-state index in [-0.39, 0.29) is 19.8 Å². The van der Waals surface area contributed by atoms with Gasteiger partial charge in [-0.1, -0.05) is 6.07 Å². The van der Waals surface area contributed by atoms with E-state index >= 15 is 0 Å². The Morgan fingerprint density at radius 3 is 2.69 bits per heavy atom. The summed E-state index contributed by atoms with van der Waals surface area (Å²) in [5.41, 5.74) is 1.61. The molecule has 2 aromatic rings. The zero-order valence-corrected chi connectivity index (χ0v) is 18.0. The van der Waals surface area contributed by atoms with Gasteiger partial charge < -0.3 is 28.9 Å². The van der Waals surface area contributed by atoms with Crippen molar-refractivity contribution >= 4 is 23.2 Å². The number of nitrogens with zero attached hydrogens (tertiary/aromatic N) is 1. The maximum Gasteiger partial charge on any atom is 0.307 e. The molecule has 0 aliphatic heterocycles. The molecular formula is C22H32N2O5. The number of benzene rings is 1. The van der Waals surface area contributed by atoms with Crippen LogP contribution < -0.4 is 4.74 Å². The molecule has 2 rings (SSSR count). The first-order valence-electron chi connectivity index (χ1n) is 9.81. The summed E-state index contributed by atoms with van der Waals surface area (Å²) >= 11 is 0. The minimum atomic E-state index is -0.575. The lowest BCUT2D eigenvalue weighted by atomic mass is 10.1. The first-order valence-corrected chi connectivity index (χ1v) is 9.81. The van der Waals surface area contributed by atoms with E-state index in [1.54, 1.807) is 20.8 Å². The van der Waals surface area contributed by atoms with Gasteiger partial charge in [0.15, 0.2) is 6.79 Å². The highest BCUT2D eigenvalue weighted by molar-refractivity contribution is 5.89. The van der Waals surface area contributed by atoms with Gasteiger partial charge in [-0.3, -0.25) is 4.79 Å². The Morgan fingerprint density at radius 2 is 2.03 bits per heavy atom. The van der Waals surface area contributed by atoms with Crippen molar-refractivity contribution in [3.8, 4) is 5.75 Å². The zero-order valence-electron chi connectivity index (χ0n) is 18.0. The number of ether oxygens (including phenoxy) is 3. The molecule has 0 saturated carbocycles. The van der Waals surface area contributed by atoms with Gasteiger partial charge in [0.1, 0.15) is 17.6 Å². The Kier molecular flexibility index (Phi) is 8.22. The topological polar surface area (TPSA) is 80.9 Å². The predicted molar refractivity (Wildman–Crippen MR) is 112 cm³/mol. The second-order valence-electron chi connectivity index (χ2n) is 8.37. The third kappa shape index (κ3) is 7.51. The number of H-pyrrole nitrogens is 1. The van der Waals surface area contributed by atoms with Crippen molar-refractivity contribution in [3.63, 3.8) is 0 Å². The van der Waals surface area contributed by atoms with Crippen LogP contribution >= 0.6 is 0 Å². The number of rotatable bonds is 11. The molecule has 0 saturated heterocycles. The lowest BCUT2D eigenvalue weighted by molar-refractivity contribution is -0.157. The van der Waals surface area contributed by atoms with Crippen molar-refractivity contribution in [1.82, 2.24) is 9.88 Å². The maximum absolute atomic E-state index is 11.9. The number of hydrogen-bond donors (Lipinski definition) is 1. The van der Waals surface area contributed by atoms with Crippen molar-refractivity contribution in [2.24, 2.45) is 5.92 Å². The monoisotopic (exact) mass is 404 g/mol. The van der Waals surface area contributed by atoms with Crippen molar-refractivity contribution in [1.29, 1.82) is 0 Å². The third-order valence-corrected chi connectivity index (χ3v) is 4.25. The van der Waals surface area contributed by atoms with Crippen molar-refractivity contribution in [3.05, 3.63) is 30.0 Å². The standard InChI is InChI=1S/C22H32N2O5/c1-22(2,3)29-20(26)11-16(13-25)14-27-15-28-19-8-6-7-18-21(19)17(12-23-18)9-10-24(4)5/h6-8,12-13,16,23H,9-11,14-15H2,1-5H3. The molecule has 7 heteroatoms. The van der Waals surface area contributed by atoms with Crippen LogP contribution in [0.3, 0.4) is 0 Å². The van der Waals surface area contributed by atoms with Gasteiger partial charge in [0, 0.05) is 29.6 Å². The Balaban J connectivity index is 1.89. The third-order valence-electron chi connectivity index (χ3n) is 4.25. The molecule has 0 radical (unpaired) electrons. The van der Waals surface area contributed by atoms with Crippen LogP contribution in [-0.2, 0) is 25.5 Å². The molecule has 1 heterocycles. The van der Waals surface area contributed by atoms with Gasteiger partial charge in [-0.05, 0) is 59.0 Å². The number of esters is 1. The van der Waals surface area contributed by atoms with Crippen LogP contribution in [0, 0.1) is 5.92 Å². The minimum absolute atomic E-state index is 0.00390. The van der Waals surface area contributed by atoms with E-state index in [9.17, 15) is 9.59 Å². The van der Waals surface area contributed by atoms with Crippen LogP contribution in [0.4, 0.5) is 0 Å². The molecule has 1 unspecified atom stereocenters. The largest absolute Gasteiger partial charge is 0.467 e. The summed E-state index contributed by atoms with van der Waals surface area (Å²) in [7, 11) is 4.08. The van der Waals surface area contributed by atoms with Crippen LogP contribution in [0.2, 0.25) is 0 Å². The highest BCUT2D eigenvalue weighted by Gasteiger charge is 2.20. The number of aromatic amines is 1. The summed E-state index contributed by atoms with van der Waals surface area (Å²) in [4.78, 5) is 28.5. The van der Waals surface area contributed by atoms with E-state index in [1.807, 2.05) is 38.5 Å². The summed E-state index contributed by atoms with van der Waals surface area (Å²) in [6, 6.07) is 5.82. The second kappa shape index (κ2) is 10.4. The Bertz CT molecular complexity index is 807. The number of nitrogens with one attached hydrogen (secondary N) is 1. The zero-order chi connectivity index (χ0) is 21.4. The van der Waals surface area contributed by atoms with Crippen molar-refractivity contribution < 1.29 is 23.8 Å². The first-order chi connectivity index (χ1) is 13.7. The summed E-state index contributed by atoms with van der Waals surface area (Å²) in [6.45, 7) is 6.40. The molecule has 7 nitrogen and oxygen atoms in total. The predicted octanol–water partition coefficient (Wildman–Crippen LogP) is 3.17. The van der Waals surface area contributed by atoms with Gasteiger partial charge in [-0.25, -0.2) is 0 Å². The quantitative estimate of drug-likeness (QED) is 0.268. The Labute approximate surface area is 172 Å². The number of hydrogen-bond acceptors (Lipinski definition) is 6. The van der Waals surface area contributed by atoms with Crippen molar-refractivity contribution in [2.45, 2.75) is 39.2 Å². The van der Waals surface area contributed by atoms with Crippen LogP contribution in [0.1, 0.15) is 32.8 Å². The number of aromatic nitrogens is 1. The minimum Gasteiger partial charge on any atom is -0.467 e. The SMILES string of the molecule is CN(C)CCc1c[nH]c2cccc(OCOCC(C=O)CC(=O)OC(C)(C)C)c12. The number of aldehydes is 1. The Hall–Kier alpha value is -2.38. The van der Waals surface area contributed by atoms with Gasteiger partial charge in [-0.2, -0.15) is 0 Å². The van der Waals surface area contributed by atoms with Crippen LogP contribution in [-0.4, -0.2) is 61.8 Å². The van der Waals surface area contributed by atoms with Gasteiger partial charge in [0.25, 0.3) is 0 Å². The highest BCUT2D eigenvalue weighted by atomic mass is 16.7. The molecule has 0 bridgehead atoms. The maximum atomic E-state index is 11.9. The molecule has 0 aliphatic rings. The number of carbonyl (C=O) groups is 2. The normalized spacial score (nSPS) is 12.9. The molecule has 1 aromatic carbocycles. The molecule has 1 atom stereocenters. The number of likely N-dealkylation sites (N-methyl/N-ethyl adjacent to an activating group) is 1. The molecular weight excluding hydrogens is 372 g/mol. The van der Waals surface area contributed by atoms with Crippen LogP contribution in [0.5, 0.6) is 5.75 Å². The van der Waals surface area contributed by atoms with E-state index in [4.69, 9.17) is 14.2 Å². The van der Waals surface area contributed by atoms with E-state index in [2.05, 4.69) is 9.88 Å². The fraction of sp³-hybridized carbons (Fsp3) is 0.545. The lowest BCUT2D eigenvalue weighted by Gasteiger charge is -2.20. The van der Waals surface area contributed by atoms with E-state index in [1.165, 1.54) is 5.56 Å². The highest BCUT2D eigenvalue weighted by Crippen LogP contribution is 2.29. The molecule has 0 aliphatic carbocycles. The first kappa shape index (κ1) is 22.9. The summed E-state index contributed by atoms with van der Waals surface area (Å²) in [6.07, 6.45) is 3.61.